The van der Waals surface area contributed by atoms with Crippen LogP contribution in [0.5, 0.6) is 17.2 Å². The lowest BCUT2D eigenvalue weighted by atomic mass is 10.1. The second kappa shape index (κ2) is 6.74. The molecule has 0 heterocycles. The summed E-state index contributed by atoms with van der Waals surface area (Å²) in [6, 6.07) is 20.2. The van der Waals surface area contributed by atoms with Gasteiger partial charge in [-0.15, -0.1) is 0 Å². The fourth-order valence-electron chi connectivity index (χ4n) is 2.49. The van der Waals surface area contributed by atoms with Crippen LogP contribution in [0.15, 0.2) is 60.7 Å². The second-order valence-corrected chi connectivity index (χ2v) is 5.83. The first-order valence-electron chi connectivity index (χ1n) is 7.90. The molecule has 0 amide bonds. The zero-order valence-electron chi connectivity index (χ0n) is 13.6. The highest BCUT2D eigenvalue weighted by Gasteiger charge is 2.02. The lowest BCUT2D eigenvalue weighted by Crippen LogP contribution is -2.05. The molecule has 0 unspecified atom stereocenters. The third-order valence-electron chi connectivity index (χ3n) is 3.60. The van der Waals surface area contributed by atoms with Crippen molar-refractivity contribution in [3.05, 3.63) is 73.2 Å². The Hall–Kier alpha value is -2.48. The van der Waals surface area contributed by atoms with Gasteiger partial charge in [-0.1, -0.05) is 24.3 Å². The Morgan fingerprint density at radius 1 is 0.783 bits per heavy atom. The molecule has 0 bridgehead atoms. The molecule has 2 heteroatoms. The van der Waals surface area contributed by atoms with Crippen molar-refractivity contribution in [1.82, 2.24) is 0 Å². The van der Waals surface area contributed by atoms with Crippen molar-refractivity contribution in [3.63, 3.8) is 0 Å². The van der Waals surface area contributed by atoms with Crippen molar-refractivity contribution in [2.45, 2.75) is 26.4 Å². The van der Waals surface area contributed by atoms with Gasteiger partial charge in [0.2, 0.25) is 0 Å². The predicted octanol–water partition coefficient (Wildman–Crippen LogP) is 5.80. The first-order valence-corrected chi connectivity index (χ1v) is 7.90. The summed E-state index contributed by atoms with van der Waals surface area (Å²) in [5, 5.41) is 2.37. The van der Waals surface area contributed by atoms with E-state index < -0.39 is 0 Å². The van der Waals surface area contributed by atoms with E-state index in [4.69, 9.17) is 9.47 Å². The van der Waals surface area contributed by atoms with E-state index in [-0.39, 0.29) is 6.10 Å². The summed E-state index contributed by atoms with van der Waals surface area (Å²) in [5.41, 5.74) is 1.24. The average molecular weight is 305 g/mol. The fourth-order valence-corrected chi connectivity index (χ4v) is 2.49. The minimum absolute atomic E-state index is 0.172. The SMILES string of the molecule is [CH2]Cc1ccc2cc(Oc3ccc(OC(C)C)cc3)ccc2c1. The standard InChI is InChI=1S/C21H21O2/c1-4-16-5-6-18-14-21(8-7-17(18)13-16)23-20-11-9-19(10-12-20)22-15(2)3/h5-15H,1,4H2,2-3H3. The fraction of sp³-hybridized carbons (Fsp3) is 0.190. The van der Waals surface area contributed by atoms with E-state index in [1.165, 1.54) is 16.3 Å². The molecule has 3 aromatic carbocycles. The molecule has 3 rings (SSSR count). The monoisotopic (exact) mass is 305 g/mol. The van der Waals surface area contributed by atoms with E-state index in [0.717, 1.165) is 23.7 Å². The molecule has 0 saturated carbocycles. The zero-order chi connectivity index (χ0) is 16.2. The number of fused-ring (bicyclic) bond motifs is 1. The van der Waals surface area contributed by atoms with Gasteiger partial charge in [-0.25, -0.2) is 0 Å². The predicted molar refractivity (Wildman–Crippen MR) is 95.3 cm³/mol. The van der Waals surface area contributed by atoms with Gasteiger partial charge in [-0.3, -0.25) is 0 Å². The first-order chi connectivity index (χ1) is 11.1. The van der Waals surface area contributed by atoms with Crippen molar-refractivity contribution < 1.29 is 9.47 Å². The van der Waals surface area contributed by atoms with Crippen LogP contribution in [0.2, 0.25) is 0 Å². The number of rotatable bonds is 5. The third kappa shape index (κ3) is 3.84. The summed E-state index contributed by atoms with van der Waals surface area (Å²) >= 11 is 0. The van der Waals surface area contributed by atoms with Crippen LogP contribution in [-0.4, -0.2) is 6.10 Å². The molecule has 0 aliphatic carbocycles. The van der Waals surface area contributed by atoms with Gasteiger partial charge in [0.15, 0.2) is 0 Å². The lowest BCUT2D eigenvalue weighted by Gasteiger charge is -2.11. The quantitative estimate of drug-likeness (QED) is 0.593. The smallest absolute Gasteiger partial charge is 0.128 e. The molecule has 23 heavy (non-hydrogen) atoms. The Balaban J connectivity index is 1.78. The average Bonchev–Trinajstić information content (AvgIpc) is 2.55. The molecule has 0 spiro atoms. The molecule has 3 aromatic rings. The largest absolute Gasteiger partial charge is 0.491 e. The Bertz CT molecular complexity index is 789. The van der Waals surface area contributed by atoms with E-state index >= 15 is 0 Å². The molecular formula is C21H21O2. The summed E-state index contributed by atoms with van der Waals surface area (Å²) in [4.78, 5) is 0. The normalized spacial score (nSPS) is 11.0. The van der Waals surface area contributed by atoms with E-state index in [1.807, 2.05) is 44.2 Å². The molecule has 0 aliphatic heterocycles. The molecule has 0 N–H and O–H groups in total. The Labute approximate surface area is 137 Å². The maximum absolute atomic E-state index is 5.94. The van der Waals surface area contributed by atoms with Crippen LogP contribution >= 0.6 is 0 Å². The number of hydrogen-bond donors (Lipinski definition) is 0. The molecule has 0 saturated heterocycles. The molecule has 0 aliphatic rings. The molecular weight excluding hydrogens is 284 g/mol. The van der Waals surface area contributed by atoms with Gasteiger partial charge >= 0.3 is 0 Å². The van der Waals surface area contributed by atoms with Crippen LogP contribution in [0.3, 0.4) is 0 Å². The third-order valence-corrected chi connectivity index (χ3v) is 3.60. The van der Waals surface area contributed by atoms with Crippen molar-refractivity contribution >= 4 is 10.8 Å². The Morgan fingerprint density at radius 3 is 2.09 bits per heavy atom. The summed E-state index contributed by atoms with van der Waals surface area (Å²) in [5.74, 6) is 2.49. The van der Waals surface area contributed by atoms with E-state index in [9.17, 15) is 0 Å². The Kier molecular flexibility index (Phi) is 4.52. The summed E-state index contributed by atoms with van der Waals surface area (Å²) in [7, 11) is 0. The maximum atomic E-state index is 5.94. The topological polar surface area (TPSA) is 18.5 Å². The van der Waals surface area contributed by atoms with Gasteiger partial charge in [0.25, 0.3) is 0 Å². The molecule has 2 nitrogen and oxygen atoms in total. The highest BCUT2D eigenvalue weighted by atomic mass is 16.5. The number of benzene rings is 3. The van der Waals surface area contributed by atoms with E-state index in [1.54, 1.807) is 0 Å². The summed E-state index contributed by atoms with van der Waals surface area (Å²) in [6.07, 6.45) is 0.976. The van der Waals surface area contributed by atoms with Crippen molar-refractivity contribution in [2.24, 2.45) is 0 Å². The minimum atomic E-state index is 0.172. The van der Waals surface area contributed by atoms with Gasteiger partial charge in [-0.2, -0.15) is 0 Å². The molecule has 117 valence electrons. The van der Waals surface area contributed by atoms with Gasteiger partial charge in [0.1, 0.15) is 17.2 Å². The first kappa shape index (κ1) is 15.4. The Morgan fingerprint density at radius 2 is 1.39 bits per heavy atom. The van der Waals surface area contributed by atoms with Gasteiger partial charge in [-0.05, 0) is 79.9 Å². The van der Waals surface area contributed by atoms with Crippen LogP contribution in [0.25, 0.3) is 10.8 Å². The van der Waals surface area contributed by atoms with Crippen LogP contribution in [-0.2, 0) is 6.42 Å². The van der Waals surface area contributed by atoms with Crippen LogP contribution in [0, 0.1) is 6.92 Å². The van der Waals surface area contributed by atoms with Crippen LogP contribution in [0.4, 0.5) is 0 Å². The van der Waals surface area contributed by atoms with Gasteiger partial charge < -0.3 is 9.47 Å². The second-order valence-electron chi connectivity index (χ2n) is 5.83. The molecule has 0 aromatic heterocycles. The maximum Gasteiger partial charge on any atom is 0.128 e. The van der Waals surface area contributed by atoms with Crippen LogP contribution in [0.1, 0.15) is 19.4 Å². The highest BCUT2D eigenvalue weighted by molar-refractivity contribution is 5.84. The minimum Gasteiger partial charge on any atom is -0.491 e. The number of ether oxygens (including phenoxy) is 2. The van der Waals surface area contributed by atoms with Crippen molar-refractivity contribution in [3.8, 4) is 17.2 Å². The van der Waals surface area contributed by atoms with Crippen molar-refractivity contribution in [2.75, 3.05) is 0 Å². The van der Waals surface area contributed by atoms with E-state index in [2.05, 4.69) is 37.3 Å². The molecule has 0 atom stereocenters. The molecule has 0 fully saturated rings. The van der Waals surface area contributed by atoms with E-state index in [0.29, 0.717) is 0 Å². The lowest BCUT2D eigenvalue weighted by molar-refractivity contribution is 0.242. The zero-order valence-corrected chi connectivity index (χ0v) is 13.6. The van der Waals surface area contributed by atoms with Crippen molar-refractivity contribution in [1.29, 1.82) is 0 Å². The molecule has 1 radical (unpaired) electrons. The summed E-state index contributed by atoms with van der Waals surface area (Å²) in [6.45, 7) is 7.95. The summed E-state index contributed by atoms with van der Waals surface area (Å²) < 4.78 is 11.6. The van der Waals surface area contributed by atoms with Gasteiger partial charge in [0.05, 0.1) is 6.10 Å². The highest BCUT2D eigenvalue weighted by Crippen LogP contribution is 2.27. The number of hydrogen-bond acceptors (Lipinski definition) is 2. The van der Waals surface area contributed by atoms with Crippen LogP contribution < -0.4 is 9.47 Å². The van der Waals surface area contributed by atoms with Gasteiger partial charge in [0, 0.05) is 0 Å².